The number of rotatable bonds is 5. The van der Waals surface area contributed by atoms with E-state index in [9.17, 15) is 13.2 Å². The third kappa shape index (κ3) is 4.60. The highest BCUT2D eigenvalue weighted by Crippen LogP contribution is 2.40. The van der Waals surface area contributed by atoms with Crippen LogP contribution in [-0.4, -0.2) is 10.9 Å². The fourth-order valence-corrected chi connectivity index (χ4v) is 4.53. The number of fused-ring (bicyclic) bond motifs is 1. The molecule has 1 heterocycles. The van der Waals surface area contributed by atoms with Crippen molar-refractivity contribution in [3.05, 3.63) is 89.1 Å². The Balaban J connectivity index is 1.82. The molecule has 0 bridgehead atoms. The molecule has 0 atom stereocenters. The van der Waals surface area contributed by atoms with Crippen LogP contribution in [0.25, 0.3) is 10.9 Å². The van der Waals surface area contributed by atoms with Gasteiger partial charge in [0.2, 0.25) is 0 Å². The zero-order chi connectivity index (χ0) is 21.3. The summed E-state index contributed by atoms with van der Waals surface area (Å²) in [6.45, 7) is 2.56. The lowest BCUT2D eigenvalue weighted by atomic mass is 10.2. The van der Waals surface area contributed by atoms with Crippen LogP contribution in [0, 0.1) is 6.92 Å². The molecule has 4 rings (SSSR count). The van der Waals surface area contributed by atoms with Gasteiger partial charge in [-0.1, -0.05) is 53.7 Å². The Bertz CT molecular complexity index is 1170. The largest absolute Gasteiger partial charge is 0.573 e. The van der Waals surface area contributed by atoms with Crippen LogP contribution in [0.15, 0.2) is 82.6 Å². The molecule has 2 nitrogen and oxygen atoms in total. The van der Waals surface area contributed by atoms with Gasteiger partial charge in [-0.15, -0.1) is 13.2 Å². The van der Waals surface area contributed by atoms with E-state index >= 15 is 0 Å². The number of hydrogen-bond acceptors (Lipinski definition) is 2. The number of nitrogens with zero attached hydrogens (tertiary/aromatic N) is 1. The van der Waals surface area contributed by atoms with Gasteiger partial charge >= 0.3 is 6.36 Å². The Hall–Kier alpha value is -2.57. The summed E-state index contributed by atoms with van der Waals surface area (Å²) < 4.78 is 44.5. The maximum Gasteiger partial charge on any atom is 0.573 e. The topological polar surface area (TPSA) is 14.2 Å². The van der Waals surface area contributed by atoms with Crippen LogP contribution in [0.4, 0.5) is 13.2 Å². The number of halogens is 4. The molecule has 4 aromatic rings. The third-order valence-electron chi connectivity index (χ3n) is 4.69. The molecule has 0 amide bonds. The molecule has 1 aromatic heterocycles. The summed E-state index contributed by atoms with van der Waals surface area (Å²) in [5.74, 6) is -0.228. The summed E-state index contributed by atoms with van der Waals surface area (Å²) in [5.41, 5.74) is 2.86. The van der Waals surface area contributed by atoms with Gasteiger partial charge in [-0.05, 0) is 55.0 Å². The van der Waals surface area contributed by atoms with Crippen LogP contribution in [-0.2, 0) is 6.54 Å². The molecular weight excluding hydrogens is 431 g/mol. The molecule has 0 N–H and O–H groups in total. The van der Waals surface area contributed by atoms with Gasteiger partial charge in [-0.2, -0.15) is 0 Å². The van der Waals surface area contributed by atoms with Gasteiger partial charge in [-0.3, -0.25) is 0 Å². The minimum atomic E-state index is -4.73. The summed E-state index contributed by atoms with van der Waals surface area (Å²) in [5, 5.41) is 1.37. The third-order valence-corrected chi connectivity index (χ3v) is 6.17. The van der Waals surface area contributed by atoms with Crippen molar-refractivity contribution in [3.63, 3.8) is 0 Å². The van der Waals surface area contributed by atoms with Gasteiger partial charge in [0, 0.05) is 38.0 Å². The Morgan fingerprint density at radius 3 is 2.33 bits per heavy atom. The van der Waals surface area contributed by atoms with E-state index in [-0.39, 0.29) is 5.75 Å². The molecule has 0 unspecified atom stereocenters. The molecule has 0 aliphatic heterocycles. The molecule has 0 aliphatic rings. The number of alkyl halides is 3. The smallest absolute Gasteiger partial charge is 0.406 e. The zero-order valence-electron chi connectivity index (χ0n) is 15.9. The molecule has 3 aromatic carbocycles. The van der Waals surface area contributed by atoms with E-state index in [1.54, 1.807) is 6.07 Å². The van der Waals surface area contributed by atoms with Crippen LogP contribution in [0.2, 0.25) is 5.02 Å². The quantitative estimate of drug-likeness (QED) is 0.311. The van der Waals surface area contributed by atoms with Crippen molar-refractivity contribution < 1.29 is 17.9 Å². The zero-order valence-corrected chi connectivity index (χ0v) is 17.5. The minimum Gasteiger partial charge on any atom is -0.406 e. The average molecular weight is 448 g/mol. The Labute approximate surface area is 181 Å². The fraction of sp³-hybridized carbons (Fsp3) is 0.130. The van der Waals surface area contributed by atoms with Crippen molar-refractivity contribution in [2.45, 2.75) is 29.6 Å². The van der Waals surface area contributed by atoms with E-state index in [0.29, 0.717) is 11.6 Å². The van der Waals surface area contributed by atoms with E-state index in [1.165, 1.54) is 23.9 Å². The predicted molar refractivity (Wildman–Crippen MR) is 114 cm³/mol. The van der Waals surface area contributed by atoms with Crippen molar-refractivity contribution in [3.8, 4) is 5.75 Å². The highest BCUT2D eigenvalue weighted by atomic mass is 35.5. The van der Waals surface area contributed by atoms with E-state index in [4.69, 9.17) is 11.6 Å². The van der Waals surface area contributed by atoms with Crippen LogP contribution >= 0.6 is 23.4 Å². The predicted octanol–water partition coefficient (Wildman–Crippen LogP) is 7.70. The molecule has 0 saturated heterocycles. The van der Waals surface area contributed by atoms with Crippen LogP contribution in [0.5, 0.6) is 5.75 Å². The Kier molecular flexibility index (Phi) is 5.71. The van der Waals surface area contributed by atoms with Crippen molar-refractivity contribution >= 4 is 34.3 Å². The molecular formula is C23H17ClF3NOS. The second-order valence-corrected chi connectivity index (χ2v) is 8.29. The van der Waals surface area contributed by atoms with Crippen molar-refractivity contribution in [1.82, 2.24) is 4.57 Å². The van der Waals surface area contributed by atoms with Crippen LogP contribution < -0.4 is 4.74 Å². The van der Waals surface area contributed by atoms with E-state index in [0.717, 1.165) is 32.0 Å². The first-order chi connectivity index (χ1) is 14.3. The highest BCUT2D eigenvalue weighted by molar-refractivity contribution is 7.99. The number of hydrogen-bond donors (Lipinski definition) is 0. The average Bonchev–Trinajstić information content (AvgIpc) is 2.94. The molecule has 0 fully saturated rings. The number of benzene rings is 3. The van der Waals surface area contributed by atoms with Gasteiger partial charge in [0.05, 0.1) is 0 Å². The van der Waals surface area contributed by atoms with Gasteiger partial charge in [0.15, 0.2) is 0 Å². The normalized spacial score (nSPS) is 11.8. The summed E-state index contributed by atoms with van der Waals surface area (Å²) >= 11 is 7.52. The molecule has 0 saturated carbocycles. The maximum atomic E-state index is 12.7. The molecule has 0 aliphatic carbocycles. The molecule has 0 radical (unpaired) electrons. The van der Waals surface area contributed by atoms with Gasteiger partial charge in [-0.25, -0.2) is 0 Å². The fourth-order valence-electron chi connectivity index (χ4n) is 3.34. The lowest BCUT2D eigenvalue weighted by Gasteiger charge is -2.10. The number of aromatic nitrogens is 1. The van der Waals surface area contributed by atoms with Crippen LogP contribution in [0.3, 0.4) is 0 Å². The van der Waals surface area contributed by atoms with E-state index in [1.807, 2.05) is 61.5 Å². The Morgan fingerprint density at radius 2 is 1.67 bits per heavy atom. The second kappa shape index (κ2) is 8.28. The first kappa shape index (κ1) is 20.7. The standard InChI is InChI=1S/C23H17ClF3NOS/c1-15-22(30-19-5-3-2-4-6-19)20-13-18(29-23(25,26)27)11-12-21(20)28(15)14-16-7-9-17(24)10-8-16/h2-13H,14H2,1H3. The summed E-state index contributed by atoms with van der Waals surface area (Å²) in [6, 6.07) is 21.8. The van der Waals surface area contributed by atoms with Gasteiger partial charge in [0.25, 0.3) is 0 Å². The van der Waals surface area contributed by atoms with Gasteiger partial charge in [0.1, 0.15) is 5.75 Å². The Morgan fingerprint density at radius 1 is 0.967 bits per heavy atom. The molecule has 30 heavy (non-hydrogen) atoms. The minimum absolute atomic E-state index is 0.228. The van der Waals surface area contributed by atoms with Crippen molar-refractivity contribution in [2.24, 2.45) is 0 Å². The van der Waals surface area contributed by atoms with Crippen LogP contribution in [0.1, 0.15) is 11.3 Å². The highest BCUT2D eigenvalue weighted by Gasteiger charge is 2.31. The summed E-state index contributed by atoms with van der Waals surface area (Å²) in [7, 11) is 0. The second-order valence-electron chi connectivity index (χ2n) is 6.77. The molecule has 7 heteroatoms. The summed E-state index contributed by atoms with van der Waals surface area (Å²) in [4.78, 5) is 1.91. The van der Waals surface area contributed by atoms with E-state index in [2.05, 4.69) is 9.30 Å². The van der Waals surface area contributed by atoms with E-state index < -0.39 is 6.36 Å². The maximum absolute atomic E-state index is 12.7. The lowest BCUT2D eigenvalue weighted by molar-refractivity contribution is -0.274. The lowest BCUT2D eigenvalue weighted by Crippen LogP contribution is -2.17. The molecule has 154 valence electrons. The van der Waals surface area contributed by atoms with Gasteiger partial charge < -0.3 is 9.30 Å². The SMILES string of the molecule is Cc1c(Sc2ccccc2)c2cc(OC(F)(F)F)ccc2n1Cc1ccc(Cl)cc1. The van der Waals surface area contributed by atoms with Crippen molar-refractivity contribution in [1.29, 1.82) is 0 Å². The van der Waals surface area contributed by atoms with Crippen molar-refractivity contribution in [2.75, 3.05) is 0 Å². The monoisotopic (exact) mass is 447 g/mol. The first-order valence-electron chi connectivity index (χ1n) is 9.16. The number of ether oxygens (including phenoxy) is 1. The summed E-state index contributed by atoms with van der Waals surface area (Å²) in [6.07, 6.45) is -4.73. The first-order valence-corrected chi connectivity index (χ1v) is 10.4. The molecule has 0 spiro atoms.